The third-order valence-electron chi connectivity index (χ3n) is 3.32. The van der Waals surface area contributed by atoms with Crippen molar-refractivity contribution >= 4 is 33.4 Å². The van der Waals surface area contributed by atoms with Gasteiger partial charge in [0.1, 0.15) is 4.88 Å². The molecule has 0 bridgehead atoms. The van der Waals surface area contributed by atoms with Gasteiger partial charge in [-0.25, -0.2) is 0 Å². The lowest BCUT2D eigenvalue weighted by Gasteiger charge is -2.34. The van der Waals surface area contributed by atoms with Gasteiger partial charge in [-0.2, -0.15) is 0 Å². The van der Waals surface area contributed by atoms with E-state index in [4.69, 9.17) is 0 Å². The molecule has 2 atom stereocenters. The topological polar surface area (TPSA) is 46.1 Å². The van der Waals surface area contributed by atoms with E-state index in [9.17, 15) is 4.79 Å². The smallest absolute Gasteiger partial charge is 0.267 e. The Morgan fingerprint density at radius 3 is 3.06 bits per heavy atom. The highest BCUT2D eigenvalue weighted by atomic mass is 79.9. The maximum absolute atomic E-state index is 12.4. The van der Waals surface area contributed by atoms with E-state index in [-0.39, 0.29) is 5.91 Å². The number of alkyl halides is 1. The van der Waals surface area contributed by atoms with Crippen molar-refractivity contribution in [1.29, 1.82) is 0 Å². The molecule has 6 heteroatoms. The van der Waals surface area contributed by atoms with Crippen LogP contribution < -0.4 is 0 Å². The summed E-state index contributed by atoms with van der Waals surface area (Å²) < 4.78 is 3.93. The Balaban J connectivity index is 2.09. The van der Waals surface area contributed by atoms with E-state index < -0.39 is 0 Å². The number of hydrogen-bond donors (Lipinski definition) is 0. The standard InChI is InChI=1S/C12H18BrN3OS/c1-3-4-10-11(18-15-14-10)12(17)16-6-5-9(13)8(2)7-16/h8-9H,3-7H2,1-2H3. The van der Waals surface area contributed by atoms with Crippen molar-refractivity contribution in [2.75, 3.05) is 13.1 Å². The Morgan fingerprint density at radius 2 is 2.39 bits per heavy atom. The van der Waals surface area contributed by atoms with Crippen LogP contribution >= 0.6 is 27.5 Å². The fourth-order valence-electron chi connectivity index (χ4n) is 2.22. The predicted octanol–water partition coefficient (Wildman–Crippen LogP) is 2.74. The molecule has 100 valence electrons. The molecule has 1 aromatic heterocycles. The highest BCUT2D eigenvalue weighted by molar-refractivity contribution is 9.09. The molecule has 1 aromatic rings. The number of carbonyl (C=O) groups excluding carboxylic acids is 1. The number of hydrogen-bond acceptors (Lipinski definition) is 4. The number of carbonyl (C=O) groups is 1. The summed E-state index contributed by atoms with van der Waals surface area (Å²) >= 11 is 4.89. The van der Waals surface area contributed by atoms with E-state index in [1.807, 2.05) is 4.90 Å². The van der Waals surface area contributed by atoms with Gasteiger partial charge in [-0.15, -0.1) is 5.10 Å². The zero-order valence-electron chi connectivity index (χ0n) is 10.7. The molecular weight excluding hydrogens is 314 g/mol. The molecule has 1 amide bonds. The molecule has 1 fully saturated rings. The van der Waals surface area contributed by atoms with Crippen molar-refractivity contribution < 1.29 is 4.79 Å². The van der Waals surface area contributed by atoms with Gasteiger partial charge in [0.05, 0.1) is 5.69 Å². The van der Waals surface area contributed by atoms with Crippen LogP contribution in [0.4, 0.5) is 0 Å². The zero-order chi connectivity index (χ0) is 13.1. The van der Waals surface area contributed by atoms with Crippen LogP contribution in [-0.2, 0) is 6.42 Å². The number of likely N-dealkylation sites (tertiary alicyclic amines) is 1. The van der Waals surface area contributed by atoms with E-state index in [0.717, 1.165) is 42.9 Å². The molecule has 0 N–H and O–H groups in total. The van der Waals surface area contributed by atoms with Crippen LogP contribution in [0.1, 0.15) is 42.1 Å². The molecule has 2 rings (SSSR count). The molecule has 0 aromatic carbocycles. The van der Waals surface area contributed by atoms with Gasteiger partial charge in [-0.1, -0.05) is 40.7 Å². The second-order valence-electron chi connectivity index (χ2n) is 4.83. The van der Waals surface area contributed by atoms with Crippen LogP contribution in [0.25, 0.3) is 0 Å². The van der Waals surface area contributed by atoms with Crippen LogP contribution in [0.5, 0.6) is 0 Å². The van der Waals surface area contributed by atoms with E-state index in [2.05, 4.69) is 39.4 Å². The zero-order valence-corrected chi connectivity index (χ0v) is 13.1. The molecule has 0 spiro atoms. The number of aromatic nitrogens is 2. The van der Waals surface area contributed by atoms with Crippen LogP contribution in [0.3, 0.4) is 0 Å². The van der Waals surface area contributed by atoms with E-state index in [1.54, 1.807) is 0 Å². The summed E-state index contributed by atoms with van der Waals surface area (Å²) in [6.07, 6.45) is 2.84. The third-order valence-corrected chi connectivity index (χ3v) is 5.44. The van der Waals surface area contributed by atoms with Crippen LogP contribution in [0.15, 0.2) is 0 Å². The number of nitrogens with zero attached hydrogens (tertiary/aromatic N) is 3. The Morgan fingerprint density at radius 1 is 1.61 bits per heavy atom. The second-order valence-corrected chi connectivity index (χ2v) is 6.76. The first-order valence-electron chi connectivity index (χ1n) is 6.38. The van der Waals surface area contributed by atoms with E-state index in [1.165, 1.54) is 11.5 Å². The number of amides is 1. The summed E-state index contributed by atoms with van der Waals surface area (Å²) in [5.41, 5.74) is 0.862. The maximum atomic E-state index is 12.4. The molecule has 0 aliphatic carbocycles. The van der Waals surface area contributed by atoms with Gasteiger partial charge in [0.15, 0.2) is 0 Å². The Kier molecular flexibility index (Phi) is 4.72. The van der Waals surface area contributed by atoms with Crippen molar-refractivity contribution in [3.05, 3.63) is 10.6 Å². The number of halogens is 1. The minimum atomic E-state index is 0.111. The molecule has 1 aliphatic rings. The second kappa shape index (κ2) is 6.10. The van der Waals surface area contributed by atoms with Gasteiger partial charge in [0.25, 0.3) is 5.91 Å². The average Bonchev–Trinajstić information content (AvgIpc) is 2.80. The molecule has 2 unspecified atom stereocenters. The van der Waals surface area contributed by atoms with Gasteiger partial charge in [-0.05, 0) is 30.3 Å². The summed E-state index contributed by atoms with van der Waals surface area (Å²) in [6.45, 7) is 5.91. The van der Waals surface area contributed by atoms with Gasteiger partial charge in [-0.3, -0.25) is 4.79 Å². The first-order valence-corrected chi connectivity index (χ1v) is 8.07. The van der Waals surface area contributed by atoms with Gasteiger partial charge in [0, 0.05) is 17.9 Å². The van der Waals surface area contributed by atoms with Crippen LogP contribution in [0.2, 0.25) is 0 Å². The lowest BCUT2D eigenvalue weighted by molar-refractivity contribution is 0.0694. The lowest BCUT2D eigenvalue weighted by Crippen LogP contribution is -2.43. The normalized spacial score (nSPS) is 24.3. The quantitative estimate of drug-likeness (QED) is 0.800. The largest absolute Gasteiger partial charge is 0.337 e. The SMILES string of the molecule is CCCc1nnsc1C(=O)N1CCC(Br)C(C)C1. The van der Waals surface area contributed by atoms with E-state index in [0.29, 0.717) is 10.7 Å². The Bertz CT molecular complexity index is 423. The molecule has 0 radical (unpaired) electrons. The van der Waals surface area contributed by atoms with E-state index >= 15 is 0 Å². The first kappa shape index (κ1) is 13.9. The Labute approximate surface area is 120 Å². The summed E-state index contributed by atoms with van der Waals surface area (Å²) in [6, 6.07) is 0. The minimum absolute atomic E-state index is 0.111. The molecule has 1 aliphatic heterocycles. The van der Waals surface area contributed by atoms with Crippen LogP contribution in [-0.4, -0.2) is 38.3 Å². The monoisotopic (exact) mass is 331 g/mol. The molecule has 4 nitrogen and oxygen atoms in total. The molecule has 0 saturated carbocycles. The van der Waals surface area contributed by atoms with Crippen molar-refractivity contribution in [2.24, 2.45) is 5.92 Å². The maximum Gasteiger partial charge on any atom is 0.267 e. The third kappa shape index (κ3) is 2.91. The summed E-state index contributed by atoms with van der Waals surface area (Å²) in [5.74, 6) is 0.609. The average molecular weight is 332 g/mol. The number of piperidine rings is 1. The van der Waals surface area contributed by atoms with Crippen molar-refractivity contribution in [2.45, 2.75) is 37.9 Å². The van der Waals surface area contributed by atoms with Crippen molar-refractivity contribution in [1.82, 2.24) is 14.5 Å². The Hall–Kier alpha value is -0.490. The predicted molar refractivity (Wildman–Crippen MR) is 76.3 cm³/mol. The fraction of sp³-hybridized carbons (Fsp3) is 0.750. The fourth-order valence-corrected chi connectivity index (χ4v) is 3.26. The van der Waals surface area contributed by atoms with Crippen LogP contribution in [0, 0.1) is 5.92 Å². The van der Waals surface area contributed by atoms with Crippen molar-refractivity contribution in [3.8, 4) is 0 Å². The van der Waals surface area contributed by atoms with Gasteiger partial charge in [0.2, 0.25) is 0 Å². The minimum Gasteiger partial charge on any atom is -0.337 e. The molecule has 2 heterocycles. The highest BCUT2D eigenvalue weighted by Gasteiger charge is 2.29. The number of rotatable bonds is 3. The first-order chi connectivity index (χ1) is 8.63. The molecule has 18 heavy (non-hydrogen) atoms. The lowest BCUT2D eigenvalue weighted by atomic mass is 10.00. The van der Waals surface area contributed by atoms with Crippen molar-refractivity contribution in [3.63, 3.8) is 0 Å². The summed E-state index contributed by atoms with van der Waals surface area (Å²) in [4.78, 5) is 15.6. The van der Waals surface area contributed by atoms with Gasteiger partial charge >= 0.3 is 0 Å². The summed E-state index contributed by atoms with van der Waals surface area (Å²) in [5, 5.41) is 4.07. The molecule has 1 saturated heterocycles. The highest BCUT2D eigenvalue weighted by Crippen LogP contribution is 2.25. The summed E-state index contributed by atoms with van der Waals surface area (Å²) in [7, 11) is 0. The number of aryl methyl sites for hydroxylation is 1. The van der Waals surface area contributed by atoms with Gasteiger partial charge < -0.3 is 4.90 Å². The molecular formula is C12H18BrN3OS.